The van der Waals surface area contributed by atoms with E-state index in [1.807, 2.05) is 42.5 Å². The lowest BCUT2D eigenvalue weighted by Gasteiger charge is -2.29. The number of amides is 2. The van der Waals surface area contributed by atoms with Crippen molar-refractivity contribution in [1.82, 2.24) is 0 Å². The van der Waals surface area contributed by atoms with Crippen molar-refractivity contribution in [2.75, 3.05) is 23.9 Å². The fourth-order valence-corrected chi connectivity index (χ4v) is 2.74. The van der Waals surface area contributed by atoms with E-state index in [1.54, 1.807) is 18.1 Å². The van der Waals surface area contributed by atoms with Gasteiger partial charge in [-0.3, -0.25) is 9.59 Å². The summed E-state index contributed by atoms with van der Waals surface area (Å²) in [4.78, 5) is 25.9. The van der Waals surface area contributed by atoms with Crippen LogP contribution < -0.4 is 15.0 Å². The summed E-state index contributed by atoms with van der Waals surface area (Å²) in [6, 6.07) is 15.0. The van der Waals surface area contributed by atoms with Gasteiger partial charge in [0, 0.05) is 6.42 Å². The summed E-state index contributed by atoms with van der Waals surface area (Å²) in [5, 5.41) is 2.78. The molecular formula is C18H18N2O3. The molecule has 0 atom stereocenters. The zero-order valence-corrected chi connectivity index (χ0v) is 12.9. The molecule has 2 amide bonds. The molecule has 0 radical (unpaired) electrons. The Morgan fingerprint density at radius 3 is 2.74 bits per heavy atom. The monoisotopic (exact) mass is 310 g/mol. The van der Waals surface area contributed by atoms with E-state index in [1.165, 1.54) is 0 Å². The Morgan fingerprint density at radius 2 is 1.91 bits per heavy atom. The third-order valence-corrected chi connectivity index (χ3v) is 3.87. The van der Waals surface area contributed by atoms with Crippen LogP contribution in [-0.2, 0) is 16.0 Å². The molecule has 118 valence electrons. The molecule has 1 aliphatic rings. The Balaban J connectivity index is 1.75. The van der Waals surface area contributed by atoms with Crippen LogP contribution in [-0.4, -0.2) is 25.5 Å². The Bertz CT molecular complexity index is 743. The van der Waals surface area contributed by atoms with Crippen LogP contribution in [0.3, 0.4) is 0 Å². The Labute approximate surface area is 134 Å². The number of hydrogen-bond donors (Lipinski definition) is 1. The summed E-state index contributed by atoms with van der Waals surface area (Å²) in [6.45, 7) is 0.0573. The molecule has 0 aromatic heterocycles. The zero-order chi connectivity index (χ0) is 16.2. The fraction of sp³-hybridized carbons (Fsp3) is 0.222. The first-order chi connectivity index (χ1) is 11.2. The fourth-order valence-electron chi connectivity index (χ4n) is 2.74. The maximum Gasteiger partial charge on any atom is 0.244 e. The first-order valence-corrected chi connectivity index (χ1v) is 7.50. The van der Waals surface area contributed by atoms with Crippen LogP contribution in [0.15, 0.2) is 48.5 Å². The van der Waals surface area contributed by atoms with E-state index < -0.39 is 0 Å². The largest absolute Gasteiger partial charge is 0.496 e. The minimum absolute atomic E-state index is 0.0573. The summed E-state index contributed by atoms with van der Waals surface area (Å²) >= 11 is 0. The summed E-state index contributed by atoms with van der Waals surface area (Å²) in [7, 11) is 1.62. The minimum atomic E-state index is -0.172. The highest BCUT2D eigenvalue weighted by Crippen LogP contribution is 2.29. The molecule has 1 N–H and O–H groups in total. The van der Waals surface area contributed by atoms with Gasteiger partial charge in [0.2, 0.25) is 11.8 Å². The van der Waals surface area contributed by atoms with Crippen LogP contribution in [0.2, 0.25) is 0 Å². The van der Waals surface area contributed by atoms with Gasteiger partial charge in [0.1, 0.15) is 12.3 Å². The van der Waals surface area contributed by atoms with Gasteiger partial charge in [-0.1, -0.05) is 30.3 Å². The molecule has 0 spiro atoms. The lowest BCUT2D eigenvalue weighted by Crippen LogP contribution is -2.42. The van der Waals surface area contributed by atoms with Crippen LogP contribution in [0, 0.1) is 0 Å². The molecular weight excluding hydrogens is 292 g/mol. The average Bonchev–Trinajstić information content (AvgIpc) is 2.59. The summed E-state index contributed by atoms with van der Waals surface area (Å²) < 4.78 is 5.31. The maximum absolute atomic E-state index is 12.6. The molecule has 0 bridgehead atoms. The molecule has 0 saturated heterocycles. The number of ether oxygens (including phenoxy) is 1. The molecule has 5 heteroatoms. The molecule has 5 nitrogen and oxygen atoms in total. The van der Waals surface area contributed by atoms with Gasteiger partial charge in [0.05, 0.1) is 18.5 Å². The van der Waals surface area contributed by atoms with Crippen molar-refractivity contribution in [2.45, 2.75) is 12.8 Å². The summed E-state index contributed by atoms with van der Waals surface area (Å²) in [5.74, 6) is 0.532. The number of anilines is 2. The predicted molar refractivity (Wildman–Crippen MR) is 88.7 cm³/mol. The van der Waals surface area contributed by atoms with Crippen LogP contribution in [0.5, 0.6) is 5.75 Å². The highest BCUT2D eigenvalue weighted by molar-refractivity contribution is 6.09. The normalized spacial score (nSPS) is 13.3. The number of nitrogens with one attached hydrogen (secondary N) is 1. The molecule has 1 heterocycles. The Hall–Kier alpha value is -2.82. The maximum atomic E-state index is 12.6. The second-order valence-electron chi connectivity index (χ2n) is 5.36. The number of para-hydroxylation sites is 3. The van der Waals surface area contributed by atoms with Crippen molar-refractivity contribution in [3.63, 3.8) is 0 Å². The first-order valence-electron chi connectivity index (χ1n) is 7.50. The second kappa shape index (κ2) is 6.52. The standard InChI is InChI=1S/C18H18N2O3/c1-23-16-9-5-2-6-13(16)10-11-18(22)20-12-17(21)19-14-7-3-4-8-15(14)20/h2-9H,10-12H2,1H3,(H,19,21). The summed E-state index contributed by atoms with van der Waals surface area (Å²) in [6.07, 6.45) is 0.894. The third kappa shape index (κ3) is 3.18. The van der Waals surface area contributed by atoms with Gasteiger partial charge in [-0.05, 0) is 30.2 Å². The van der Waals surface area contributed by atoms with Crippen LogP contribution in [0.1, 0.15) is 12.0 Å². The van der Waals surface area contributed by atoms with Crippen LogP contribution in [0.4, 0.5) is 11.4 Å². The molecule has 23 heavy (non-hydrogen) atoms. The van der Waals surface area contributed by atoms with Crippen molar-refractivity contribution in [1.29, 1.82) is 0 Å². The van der Waals surface area contributed by atoms with Gasteiger partial charge in [-0.25, -0.2) is 0 Å². The van der Waals surface area contributed by atoms with Gasteiger partial charge in [-0.15, -0.1) is 0 Å². The number of carbonyl (C=O) groups excluding carboxylic acids is 2. The number of nitrogens with zero attached hydrogens (tertiary/aromatic N) is 1. The van der Waals surface area contributed by atoms with E-state index >= 15 is 0 Å². The highest BCUT2D eigenvalue weighted by atomic mass is 16.5. The average molecular weight is 310 g/mol. The quantitative estimate of drug-likeness (QED) is 0.944. The summed E-state index contributed by atoms with van der Waals surface area (Å²) in [5.41, 5.74) is 2.41. The number of fused-ring (bicyclic) bond motifs is 1. The topological polar surface area (TPSA) is 58.6 Å². The number of rotatable bonds is 4. The van der Waals surface area contributed by atoms with Gasteiger partial charge in [0.15, 0.2) is 0 Å². The van der Waals surface area contributed by atoms with Crippen LogP contribution >= 0.6 is 0 Å². The molecule has 2 aromatic rings. The number of benzene rings is 2. The van der Waals surface area contributed by atoms with E-state index in [2.05, 4.69) is 5.32 Å². The van der Waals surface area contributed by atoms with E-state index in [-0.39, 0.29) is 18.4 Å². The number of aryl methyl sites for hydroxylation is 1. The van der Waals surface area contributed by atoms with E-state index in [4.69, 9.17) is 4.74 Å². The van der Waals surface area contributed by atoms with Crippen molar-refractivity contribution >= 4 is 23.2 Å². The van der Waals surface area contributed by atoms with Gasteiger partial charge < -0.3 is 15.0 Å². The second-order valence-corrected chi connectivity index (χ2v) is 5.36. The zero-order valence-electron chi connectivity index (χ0n) is 12.9. The van der Waals surface area contributed by atoms with Gasteiger partial charge >= 0.3 is 0 Å². The molecule has 0 aliphatic carbocycles. The molecule has 3 rings (SSSR count). The predicted octanol–water partition coefficient (Wildman–Crippen LogP) is 2.61. The van der Waals surface area contributed by atoms with Gasteiger partial charge in [0.25, 0.3) is 0 Å². The number of methoxy groups -OCH3 is 1. The van der Waals surface area contributed by atoms with Crippen molar-refractivity contribution in [2.24, 2.45) is 0 Å². The lowest BCUT2D eigenvalue weighted by atomic mass is 10.1. The molecule has 2 aromatic carbocycles. The van der Waals surface area contributed by atoms with Crippen LogP contribution in [0.25, 0.3) is 0 Å². The molecule has 0 saturated carbocycles. The minimum Gasteiger partial charge on any atom is -0.496 e. The Morgan fingerprint density at radius 1 is 1.17 bits per heavy atom. The number of carbonyl (C=O) groups is 2. The van der Waals surface area contributed by atoms with Crippen molar-refractivity contribution in [3.05, 3.63) is 54.1 Å². The third-order valence-electron chi connectivity index (χ3n) is 3.87. The highest BCUT2D eigenvalue weighted by Gasteiger charge is 2.26. The van der Waals surface area contributed by atoms with Crippen molar-refractivity contribution < 1.29 is 14.3 Å². The molecule has 0 fully saturated rings. The van der Waals surface area contributed by atoms with E-state index in [9.17, 15) is 9.59 Å². The van der Waals surface area contributed by atoms with Gasteiger partial charge in [-0.2, -0.15) is 0 Å². The Kier molecular flexibility index (Phi) is 4.28. The first kappa shape index (κ1) is 15.1. The number of hydrogen-bond acceptors (Lipinski definition) is 3. The smallest absolute Gasteiger partial charge is 0.244 e. The van der Waals surface area contributed by atoms with E-state index in [0.717, 1.165) is 17.0 Å². The molecule has 1 aliphatic heterocycles. The lowest BCUT2D eigenvalue weighted by molar-refractivity contribution is -0.121. The van der Waals surface area contributed by atoms with Crippen molar-refractivity contribution in [3.8, 4) is 5.75 Å². The molecule has 0 unspecified atom stereocenters. The van der Waals surface area contributed by atoms with E-state index in [0.29, 0.717) is 18.5 Å². The SMILES string of the molecule is COc1ccccc1CCC(=O)N1CC(=O)Nc2ccccc21.